The van der Waals surface area contributed by atoms with Gasteiger partial charge in [0.15, 0.2) is 11.3 Å². The summed E-state index contributed by atoms with van der Waals surface area (Å²) in [5, 5.41) is 29.4. The summed E-state index contributed by atoms with van der Waals surface area (Å²) in [5.74, 6) is -2.13. The molecule has 13 nitrogen and oxygen atoms in total. The van der Waals surface area contributed by atoms with Gasteiger partial charge in [-0.2, -0.15) is 42.1 Å². The van der Waals surface area contributed by atoms with Crippen molar-refractivity contribution in [2.75, 3.05) is 51.7 Å². The molecule has 1 atom stereocenters. The van der Waals surface area contributed by atoms with E-state index >= 15 is 0 Å². The largest absolute Gasteiger partial charge is 0.479 e. The number of anilines is 1. The van der Waals surface area contributed by atoms with Crippen molar-refractivity contribution < 1.29 is 69.1 Å². The molecule has 2 aliphatic rings. The number of nitrogens with zero attached hydrogens (tertiary/aromatic N) is 4. The Balaban J connectivity index is 1.31. The number of hydrogen-bond acceptors (Lipinski definition) is 13. The molecule has 1 heterocycles. The Kier molecular flexibility index (Phi) is 20.6. The molecule has 0 saturated heterocycles. The first-order valence-corrected chi connectivity index (χ1v) is 22.8. The van der Waals surface area contributed by atoms with E-state index < -0.39 is 41.7 Å². The SMILES string of the molecule is COCOCCCC1(C)OC(=C(C#N)C#N)C(C#N)=C1/C=C/C=C1C=C(/C=C/c2ccc(N(CCOC(=O)c3ccc(OC(F)=C(F)F)cc3)CCOC(=O)c3ccc(OC(F)=C(F)F)cc3)cc2)CC(C)(C)C\1. The van der Waals surface area contributed by atoms with Crippen LogP contribution in [0.15, 0.2) is 161 Å². The van der Waals surface area contributed by atoms with Crippen LogP contribution in [0.25, 0.3) is 6.08 Å². The van der Waals surface area contributed by atoms with E-state index in [1.165, 1.54) is 31.4 Å². The number of benzene rings is 3. The molecule has 0 amide bonds. The number of esters is 2. The molecule has 1 unspecified atom stereocenters. The number of ether oxygens (including phenoxy) is 7. The van der Waals surface area contributed by atoms with Gasteiger partial charge in [-0.05, 0) is 115 Å². The van der Waals surface area contributed by atoms with Crippen molar-refractivity contribution in [3.63, 3.8) is 0 Å². The van der Waals surface area contributed by atoms with E-state index in [1.807, 2.05) is 67.6 Å². The van der Waals surface area contributed by atoms with Gasteiger partial charge >= 0.3 is 36.1 Å². The summed E-state index contributed by atoms with van der Waals surface area (Å²) in [6.07, 6.45) is 8.88. The average molecular weight is 1030 g/mol. The quantitative estimate of drug-likeness (QED) is 0.0219. The zero-order valence-electron chi connectivity index (χ0n) is 40.7. The van der Waals surface area contributed by atoms with Crippen LogP contribution in [0.4, 0.5) is 32.0 Å². The van der Waals surface area contributed by atoms with Crippen molar-refractivity contribution >= 4 is 23.7 Å². The van der Waals surface area contributed by atoms with Crippen LogP contribution < -0.4 is 14.4 Å². The minimum absolute atomic E-state index is 0.0324. The Hall–Kier alpha value is -8.31. The van der Waals surface area contributed by atoms with Crippen LogP contribution in [-0.4, -0.2) is 64.4 Å². The third-order valence-electron chi connectivity index (χ3n) is 11.2. The molecule has 386 valence electrons. The van der Waals surface area contributed by atoms with Gasteiger partial charge in [0.2, 0.25) is 0 Å². The van der Waals surface area contributed by atoms with Crippen LogP contribution in [0.2, 0.25) is 0 Å². The van der Waals surface area contributed by atoms with Gasteiger partial charge in [0.1, 0.15) is 60.9 Å². The highest BCUT2D eigenvalue weighted by molar-refractivity contribution is 5.90. The van der Waals surface area contributed by atoms with Crippen LogP contribution >= 0.6 is 0 Å². The highest BCUT2D eigenvalue weighted by Gasteiger charge is 2.42. The number of carbonyl (C=O) groups excluding carboxylic acids is 2. The third kappa shape index (κ3) is 16.4. The van der Waals surface area contributed by atoms with Crippen LogP contribution in [0.1, 0.15) is 72.7 Å². The van der Waals surface area contributed by atoms with E-state index in [0.29, 0.717) is 30.7 Å². The maximum Gasteiger partial charge on any atom is 0.344 e. The predicted octanol–water partition coefficient (Wildman–Crippen LogP) is 12.6. The molecule has 74 heavy (non-hydrogen) atoms. The second kappa shape index (κ2) is 26.9. The number of halogens is 6. The van der Waals surface area contributed by atoms with Crippen LogP contribution in [-0.2, 0) is 23.7 Å². The van der Waals surface area contributed by atoms with E-state index in [1.54, 1.807) is 11.0 Å². The van der Waals surface area contributed by atoms with Gasteiger partial charge in [0.05, 0.1) is 24.2 Å². The Bertz CT molecular complexity index is 2790. The zero-order valence-corrected chi connectivity index (χ0v) is 40.7. The topological polar surface area (TPSA) is 173 Å². The van der Waals surface area contributed by atoms with Crippen molar-refractivity contribution in [3.05, 3.63) is 178 Å². The van der Waals surface area contributed by atoms with Gasteiger partial charge in [-0.1, -0.05) is 62.4 Å². The molecule has 3 aromatic carbocycles. The molecule has 0 radical (unpaired) electrons. The standard InChI is InChI=1S/C55H50F6N4O9/c1-54(2)30-37(7-5-8-46-45(34-64)47(41(32-62)33-63)74-55(46,3)23-6-26-69-35-68-4)29-38(31-54)10-9-36-11-17-42(18-12-36)65(24-27-70-52(66)39-13-19-43(20-14-39)72-50(60)48(56)57)25-28-71-53(67)40-15-21-44(22-16-40)73-51(61)49(58)59/h5,7-22,29H,6,23-28,30-31,35H2,1-4H3/b8-5+,10-9+,37-7+. The molecule has 19 heteroatoms. The second-order valence-corrected chi connectivity index (χ2v) is 17.4. The van der Waals surface area contributed by atoms with Gasteiger partial charge in [-0.3, -0.25) is 0 Å². The lowest BCUT2D eigenvalue weighted by atomic mass is 9.75. The average Bonchev–Trinajstić information content (AvgIpc) is 3.65. The van der Waals surface area contributed by atoms with Gasteiger partial charge in [-0.25, -0.2) is 9.59 Å². The fourth-order valence-electron chi connectivity index (χ4n) is 7.86. The van der Waals surface area contributed by atoms with Crippen molar-refractivity contribution in [1.29, 1.82) is 15.8 Å². The lowest BCUT2D eigenvalue weighted by Gasteiger charge is -2.30. The molecular weight excluding hydrogens is 975 g/mol. The number of carbonyl (C=O) groups is 2. The fourth-order valence-corrected chi connectivity index (χ4v) is 7.86. The summed E-state index contributed by atoms with van der Waals surface area (Å²) in [4.78, 5) is 27.5. The Labute approximate surface area is 424 Å². The molecule has 1 aliphatic heterocycles. The fraction of sp³-hybridized carbons (Fsp3) is 0.291. The molecule has 1 aliphatic carbocycles. The Morgan fingerprint density at radius 3 is 1.78 bits per heavy atom. The van der Waals surface area contributed by atoms with Gasteiger partial charge in [-0.15, -0.1) is 0 Å². The maximum atomic E-state index is 13.2. The highest BCUT2D eigenvalue weighted by atomic mass is 19.3. The highest BCUT2D eigenvalue weighted by Crippen LogP contribution is 2.44. The van der Waals surface area contributed by atoms with Crippen molar-refractivity contribution in [2.24, 2.45) is 5.41 Å². The van der Waals surface area contributed by atoms with Crippen molar-refractivity contribution in [1.82, 2.24) is 0 Å². The van der Waals surface area contributed by atoms with Crippen LogP contribution in [0, 0.1) is 39.4 Å². The zero-order chi connectivity index (χ0) is 53.8. The van der Waals surface area contributed by atoms with Crippen LogP contribution in [0.5, 0.6) is 11.5 Å². The number of hydrogen-bond donors (Lipinski definition) is 0. The summed E-state index contributed by atoms with van der Waals surface area (Å²) >= 11 is 0. The Morgan fingerprint density at radius 2 is 1.28 bits per heavy atom. The van der Waals surface area contributed by atoms with E-state index in [2.05, 4.69) is 35.5 Å². The molecule has 0 fully saturated rings. The first kappa shape index (κ1) is 56.6. The molecule has 0 N–H and O–H groups in total. The summed E-state index contributed by atoms with van der Waals surface area (Å²) in [7, 11) is 1.52. The smallest absolute Gasteiger partial charge is 0.344 e. The first-order valence-electron chi connectivity index (χ1n) is 22.8. The third-order valence-corrected chi connectivity index (χ3v) is 11.2. The number of allylic oxidation sites excluding steroid dienone is 8. The van der Waals surface area contributed by atoms with Crippen LogP contribution in [0.3, 0.4) is 0 Å². The molecule has 3 aromatic rings. The van der Waals surface area contributed by atoms with E-state index in [9.17, 15) is 51.7 Å². The Morgan fingerprint density at radius 1 is 0.730 bits per heavy atom. The van der Waals surface area contributed by atoms with E-state index in [0.717, 1.165) is 53.8 Å². The van der Waals surface area contributed by atoms with Gasteiger partial charge < -0.3 is 38.1 Å². The number of methoxy groups -OCH3 is 1. The summed E-state index contributed by atoms with van der Waals surface area (Å²) < 4.78 is 113. The lowest BCUT2D eigenvalue weighted by molar-refractivity contribution is -0.0365. The monoisotopic (exact) mass is 1020 g/mol. The minimum atomic E-state index is -2.64. The van der Waals surface area contributed by atoms with Gasteiger partial charge in [0, 0.05) is 25.0 Å². The number of nitriles is 3. The minimum Gasteiger partial charge on any atom is -0.479 e. The molecule has 5 rings (SSSR count). The number of rotatable bonds is 23. The molecule has 0 saturated carbocycles. The molecule has 0 spiro atoms. The lowest BCUT2D eigenvalue weighted by Crippen LogP contribution is -2.32. The molecule has 0 bridgehead atoms. The maximum absolute atomic E-state index is 13.2. The molecular formula is C55H50F6N4O9. The normalized spacial score (nSPS) is 16.4. The summed E-state index contributed by atoms with van der Waals surface area (Å²) in [5.41, 5.74) is 2.88. The van der Waals surface area contributed by atoms with Crippen molar-refractivity contribution in [3.8, 4) is 29.7 Å². The van der Waals surface area contributed by atoms with Crippen molar-refractivity contribution in [2.45, 2.75) is 52.1 Å². The van der Waals surface area contributed by atoms with Gasteiger partial charge in [0.25, 0.3) is 0 Å². The van der Waals surface area contributed by atoms with E-state index in [-0.39, 0.29) is 78.0 Å². The first-order chi connectivity index (χ1) is 35.4. The summed E-state index contributed by atoms with van der Waals surface area (Å²) in [6.45, 7) is 6.51. The second-order valence-electron chi connectivity index (χ2n) is 17.4. The van der Waals surface area contributed by atoms with E-state index in [4.69, 9.17) is 23.7 Å². The predicted molar refractivity (Wildman–Crippen MR) is 259 cm³/mol. The summed E-state index contributed by atoms with van der Waals surface area (Å²) in [6, 6.07) is 18.4. The molecule has 0 aromatic heterocycles.